The fourth-order valence-corrected chi connectivity index (χ4v) is 5.40. The summed E-state index contributed by atoms with van der Waals surface area (Å²) in [6.45, 7) is 7.48. The molecule has 1 aromatic heterocycles. The van der Waals surface area contributed by atoms with E-state index in [-0.39, 0.29) is 0 Å². The van der Waals surface area contributed by atoms with Gasteiger partial charge in [0.25, 0.3) is 0 Å². The first kappa shape index (κ1) is 20.5. The summed E-state index contributed by atoms with van der Waals surface area (Å²) in [5, 5.41) is 0. The van der Waals surface area contributed by atoms with Gasteiger partial charge >= 0.3 is 0 Å². The summed E-state index contributed by atoms with van der Waals surface area (Å²) in [6, 6.07) is 9.02. The van der Waals surface area contributed by atoms with Crippen LogP contribution in [0.1, 0.15) is 53.8 Å². The maximum Gasteiger partial charge on any atom is 0.222 e. The summed E-state index contributed by atoms with van der Waals surface area (Å²) in [4.78, 5) is 22.6. The third-order valence-corrected chi connectivity index (χ3v) is 7.47. The third-order valence-electron chi connectivity index (χ3n) is 6.55. The predicted octanol–water partition coefficient (Wildman–Crippen LogP) is 4.46. The molecule has 0 bridgehead atoms. The number of hydrogen-bond acceptors (Lipinski definition) is 4. The molecule has 29 heavy (non-hydrogen) atoms. The minimum atomic E-state index is 0.326. The van der Waals surface area contributed by atoms with Crippen LogP contribution >= 0.6 is 11.3 Å². The highest BCUT2D eigenvalue weighted by molar-refractivity contribution is 7.09. The Hall–Kier alpha value is -1.72. The molecular formula is C24H33N3OS. The molecule has 4 nitrogen and oxygen atoms in total. The van der Waals surface area contributed by atoms with Crippen LogP contribution in [-0.2, 0) is 24.2 Å². The molecule has 0 unspecified atom stereocenters. The summed E-state index contributed by atoms with van der Waals surface area (Å²) in [7, 11) is 0. The maximum absolute atomic E-state index is 12.2. The zero-order valence-corrected chi connectivity index (χ0v) is 18.4. The number of amides is 1. The Morgan fingerprint density at radius 3 is 2.41 bits per heavy atom. The number of carbonyl (C=O) groups is 1. The topological polar surface area (TPSA) is 36.4 Å². The lowest BCUT2D eigenvalue weighted by Gasteiger charge is -2.31. The second-order valence-electron chi connectivity index (χ2n) is 8.69. The van der Waals surface area contributed by atoms with Crippen molar-refractivity contribution in [2.24, 2.45) is 5.92 Å². The van der Waals surface area contributed by atoms with Crippen molar-refractivity contribution in [3.8, 4) is 0 Å². The Bertz CT molecular complexity index is 787. The van der Waals surface area contributed by atoms with Gasteiger partial charge in [-0.15, -0.1) is 11.3 Å². The van der Waals surface area contributed by atoms with Crippen LogP contribution in [0.2, 0.25) is 0 Å². The molecule has 0 spiro atoms. The van der Waals surface area contributed by atoms with Gasteiger partial charge in [0.15, 0.2) is 0 Å². The Morgan fingerprint density at radius 2 is 1.76 bits per heavy atom. The van der Waals surface area contributed by atoms with Gasteiger partial charge in [0.1, 0.15) is 0 Å². The quantitative estimate of drug-likeness (QED) is 0.675. The minimum absolute atomic E-state index is 0.326. The van der Waals surface area contributed by atoms with Gasteiger partial charge in [0.2, 0.25) is 5.91 Å². The van der Waals surface area contributed by atoms with E-state index in [1.54, 1.807) is 11.3 Å². The van der Waals surface area contributed by atoms with Crippen LogP contribution in [0, 0.1) is 12.8 Å². The fourth-order valence-electron chi connectivity index (χ4n) is 4.58. The molecule has 0 atom stereocenters. The predicted molar refractivity (Wildman–Crippen MR) is 119 cm³/mol. The highest BCUT2D eigenvalue weighted by Gasteiger charge is 2.21. The summed E-state index contributed by atoms with van der Waals surface area (Å²) in [6.07, 6.45) is 7.60. The normalized spacial score (nSPS) is 18.4. The number of likely N-dealkylation sites (tertiary alicyclic amines) is 2. The molecular weight excluding hydrogens is 378 g/mol. The van der Waals surface area contributed by atoms with Gasteiger partial charge in [0.05, 0.1) is 11.2 Å². The van der Waals surface area contributed by atoms with E-state index in [0.717, 1.165) is 32.0 Å². The van der Waals surface area contributed by atoms with Crippen molar-refractivity contribution < 1.29 is 4.79 Å². The van der Waals surface area contributed by atoms with Crippen molar-refractivity contribution in [1.82, 2.24) is 14.8 Å². The van der Waals surface area contributed by atoms with Gasteiger partial charge < -0.3 is 4.90 Å². The number of piperidine rings is 1. The molecule has 4 rings (SSSR count). The number of benzene rings is 1. The number of thiazole rings is 1. The van der Waals surface area contributed by atoms with Crippen molar-refractivity contribution in [1.29, 1.82) is 0 Å². The molecule has 0 N–H and O–H groups in total. The standard InChI is InChI=1S/C24H33N3OS/c1-19-23(29-18-25-19)17-26-14-10-22(11-15-26)16-21-6-4-20(5-7-21)8-9-24(28)27-12-2-3-13-27/h4-7,18,22H,2-3,8-17H2,1H3. The Kier molecular flexibility index (Phi) is 6.98. The van der Waals surface area contributed by atoms with E-state index in [4.69, 9.17) is 0 Å². The number of carbonyl (C=O) groups excluding carboxylic acids is 1. The molecule has 1 aromatic carbocycles. The van der Waals surface area contributed by atoms with Crippen LogP contribution in [0.5, 0.6) is 0 Å². The SMILES string of the molecule is Cc1ncsc1CN1CCC(Cc2ccc(CCC(=O)N3CCCC3)cc2)CC1. The molecule has 1 amide bonds. The molecule has 2 aliphatic heterocycles. The summed E-state index contributed by atoms with van der Waals surface area (Å²) >= 11 is 1.78. The number of hydrogen-bond donors (Lipinski definition) is 0. The highest BCUT2D eigenvalue weighted by atomic mass is 32.1. The molecule has 2 saturated heterocycles. The second-order valence-corrected chi connectivity index (χ2v) is 9.63. The zero-order chi connectivity index (χ0) is 20.1. The maximum atomic E-state index is 12.2. The first-order valence-electron chi connectivity index (χ1n) is 11.1. The largest absolute Gasteiger partial charge is 0.343 e. The summed E-state index contributed by atoms with van der Waals surface area (Å²) in [5.74, 6) is 1.11. The molecule has 156 valence electrons. The van der Waals surface area contributed by atoms with E-state index in [9.17, 15) is 4.79 Å². The average molecular weight is 412 g/mol. The third kappa shape index (κ3) is 5.67. The molecule has 0 radical (unpaired) electrons. The minimum Gasteiger partial charge on any atom is -0.343 e. The lowest BCUT2D eigenvalue weighted by molar-refractivity contribution is -0.130. The molecule has 0 saturated carbocycles. The van der Waals surface area contributed by atoms with Crippen molar-refractivity contribution in [3.05, 3.63) is 51.5 Å². The van der Waals surface area contributed by atoms with Crippen LogP contribution in [-0.4, -0.2) is 46.9 Å². The van der Waals surface area contributed by atoms with Crippen molar-refractivity contribution in [2.75, 3.05) is 26.2 Å². The van der Waals surface area contributed by atoms with Gasteiger partial charge in [-0.1, -0.05) is 24.3 Å². The molecule has 5 heteroatoms. The molecule has 2 aromatic rings. The summed E-state index contributed by atoms with van der Waals surface area (Å²) in [5.41, 5.74) is 5.88. The van der Waals surface area contributed by atoms with Gasteiger partial charge in [-0.05, 0) is 75.6 Å². The van der Waals surface area contributed by atoms with E-state index >= 15 is 0 Å². The number of nitrogens with zero attached hydrogens (tertiary/aromatic N) is 3. The Balaban J connectivity index is 1.19. The van der Waals surface area contributed by atoms with Gasteiger partial charge in [-0.3, -0.25) is 9.69 Å². The zero-order valence-electron chi connectivity index (χ0n) is 17.6. The van der Waals surface area contributed by atoms with Gasteiger partial charge in [-0.25, -0.2) is 4.98 Å². The second kappa shape index (κ2) is 9.86. The van der Waals surface area contributed by atoms with E-state index in [1.165, 1.54) is 66.9 Å². The summed E-state index contributed by atoms with van der Waals surface area (Å²) < 4.78 is 0. The monoisotopic (exact) mass is 411 g/mol. The lowest BCUT2D eigenvalue weighted by Crippen LogP contribution is -2.33. The Morgan fingerprint density at radius 1 is 1.07 bits per heavy atom. The van der Waals surface area contributed by atoms with E-state index in [1.807, 2.05) is 10.4 Å². The molecule has 2 fully saturated rings. The van der Waals surface area contributed by atoms with Crippen LogP contribution < -0.4 is 0 Å². The highest BCUT2D eigenvalue weighted by Crippen LogP contribution is 2.24. The fraction of sp³-hybridized carbons (Fsp3) is 0.583. The number of aromatic nitrogens is 1. The first-order valence-corrected chi connectivity index (χ1v) is 12.0. The van der Waals surface area contributed by atoms with Crippen molar-refractivity contribution in [2.45, 2.75) is 58.4 Å². The van der Waals surface area contributed by atoms with Gasteiger partial charge in [-0.2, -0.15) is 0 Å². The van der Waals surface area contributed by atoms with Crippen molar-refractivity contribution in [3.63, 3.8) is 0 Å². The number of aryl methyl sites for hydroxylation is 2. The van der Waals surface area contributed by atoms with Crippen LogP contribution in [0.25, 0.3) is 0 Å². The van der Waals surface area contributed by atoms with E-state index in [0.29, 0.717) is 12.3 Å². The van der Waals surface area contributed by atoms with Crippen LogP contribution in [0.15, 0.2) is 29.8 Å². The van der Waals surface area contributed by atoms with E-state index in [2.05, 4.69) is 41.1 Å². The van der Waals surface area contributed by atoms with Crippen LogP contribution in [0.3, 0.4) is 0 Å². The number of rotatable bonds is 7. The Labute approximate surface area is 178 Å². The lowest BCUT2D eigenvalue weighted by atomic mass is 9.89. The van der Waals surface area contributed by atoms with Gasteiger partial charge in [0, 0.05) is 30.9 Å². The smallest absolute Gasteiger partial charge is 0.222 e. The molecule has 0 aliphatic carbocycles. The van der Waals surface area contributed by atoms with Crippen LogP contribution in [0.4, 0.5) is 0 Å². The molecule has 2 aliphatic rings. The van der Waals surface area contributed by atoms with Crippen molar-refractivity contribution >= 4 is 17.2 Å². The first-order chi connectivity index (χ1) is 14.2. The van der Waals surface area contributed by atoms with E-state index < -0.39 is 0 Å². The average Bonchev–Trinajstić information content (AvgIpc) is 3.41. The molecule has 3 heterocycles.